The first-order valence-electron chi connectivity index (χ1n) is 3.66. The number of aromatic nitrogens is 2. The fraction of sp³-hybridized carbons (Fsp3) is 0.375. The molecule has 1 aromatic rings. The maximum absolute atomic E-state index is 11.2. The minimum atomic E-state index is -0.453. The molecule has 0 saturated heterocycles. The molecule has 0 spiro atoms. The molecule has 13 heavy (non-hydrogen) atoms. The van der Waals surface area contributed by atoms with Crippen molar-refractivity contribution in [1.29, 1.82) is 0 Å². The van der Waals surface area contributed by atoms with Crippen molar-refractivity contribution < 1.29 is 9.53 Å². The SMILES string of the molecule is COC(=O)c1nc(C)cnc1CBr. The van der Waals surface area contributed by atoms with Gasteiger partial charge in [-0.3, -0.25) is 4.98 Å². The van der Waals surface area contributed by atoms with Crippen LogP contribution in [0.1, 0.15) is 21.9 Å². The highest BCUT2D eigenvalue weighted by Crippen LogP contribution is 2.09. The Kier molecular flexibility index (Phi) is 3.36. The summed E-state index contributed by atoms with van der Waals surface area (Å²) in [7, 11) is 1.32. The van der Waals surface area contributed by atoms with Crippen LogP contribution in [0.4, 0.5) is 0 Å². The quantitative estimate of drug-likeness (QED) is 0.584. The lowest BCUT2D eigenvalue weighted by Crippen LogP contribution is -2.10. The Labute approximate surface area is 84.5 Å². The van der Waals surface area contributed by atoms with Crippen LogP contribution < -0.4 is 0 Å². The lowest BCUT2D eigenvalue weighted by atomic mass is 10.3. The first kappa shape index (κ1) is 10.1. The van der Waals surface area contributed by atoms with Crippen molar-refractivity contribution in [3.05, 3.63) is 23.3 Å². The number of hydrogen-bond donors (Lipinski definition) is 0. The van der Waals surface area contributed by atoms with Crippen molar-refractivity contribution >= 4 is 21.9 Å². The fourth-order valence-corrected chi connectivity index (χ4v) is 1.27. The Balaban J connectivity index is 3.15. The van der Waals surface area contributed by atoms with Crippen LogP contribution in [-0.4, -0.2) is 23.0 Å². The van der Waals surface area contributed by atoms with Gasteiger partial charge in [0.1, 0.15) is 0 Å². The van der Waals surface area contributed by atoms with Gasteiger partial charge < -0.3 is 4.74 Å². The summed E-state index contributed by atoms with van der Waals surface area (Å²) in [5.74, 6) is -0.453. The van der Waals surface area contributed by atoms with Gasteiger partial charge in [0, 0.05) is 11.5 Å². The van der Waals surface area contributed by atoms with Crippen LogP contribution in [0.15, 0.2) is 6.20 Å². The molecular formula is C8H9BrN2O2. The van der Waals surface area contributed by atoms with E-state index in [1.54, 1.807) is 13.1 Å². The highest BCUT2D eigenvalue weighted by Gasteiger charge is 2.13. The molecule has 5 heteroatoms. The number of halogens is 1. The summed E-state index contributed by atoms with van der Waals surface area (Å²) in [6.07, 6.45) is 1.61. The molecule has 0 aromatic carbocycles. The molecule has 4 nitrogen and oxygen atoms in total. The number of nitrogens with zero attached hydrogens (tertiary/aromatic N) is 2. The third-order valence-electron chi connectivity index (χ3n) is 1.47. The van der Waals surface area contributed by atoms with E-state index in [9.17, 15) is 4.79 Å². The Morgan fingerprint density at radius 1 is 1.69 bits per heavy atom. The van der Waals surface area contributed by atoms with Crippen LogP contribution in [0.3, 0.4) is 0 Å². The Hall–Kier alpha value is -0.970. The minimum Gasteiger partial charge on any atom is -0.464 e. The molecule has 0 radical (unpaired) electrons. The first-order chi connectivity index (χ1) is 6.19. The highest BCUT2D eigenvalue weighted by molar-refractivity contribution is 9.08. The number of ether oxygens (including phenoxy) is 1. The van der Waals surface area contributed by atoms with Gasteiger partial charge in [0.25, 0.3) is 0 Å². The molecule has 0 fully saturated rings. The van der Waals surface area contributed by atoms with E-state index in [4.69, 9.17) is 0 Å². The van der Waals surface area contributed by atoms with E-state index >= 15 is 0 Å². The zero-order valence-electron chi connectivity index (χ0n) is 7.37. The molecule has 0 aliphatic heterocycles. The average Bonchev–Trinajstić information content (AvgIpc) is 2.16. The lowest BCUT2D eigenvalue weighted by Gasteiger charge is -2.03. The molecule has 0 saturated carbocycles. The van der Waals surface area contributed by atoms with Crippen molar-refractivity contribution in [3.8, 4) is 0 Å². The molecular weight excluding hydrogens is 236 g/mol. The summed E-state index contributed by atoms with van der Waals surface area (Å²) >= 11 is 3.22. The number of aryl methyl sites for hydroxylation is 1. The Bertz CT molecular complexity index is 328. The van der Waals surface area contributed by atoms with Gasteiger partial charge in [0.15, 0.2) is 5.69 Å². The number of carbonyl (C=O) groups excluding carboxylic acids is 1. The molecule has 0 unspecified atom stereocenters. The maximum Gasteiger partial charge on any atom is 0.358 e. The number of alkyl halides is 1. The molecule has 70 valence electrons. The molecule has 0 bridgehead atoms. The number of rotatable bonds is 2. The van der Waals surface area contributed by atoms with E-state index in [-0.39, 0.29) is 5.69 Å². The van der Waals surface area contributed by atoms with Gasteiger partial charge in [-0.1, -0.05) is 15.9 Å². The number of carbonyl (C=O) groups is 1. The van der Waals surface area contributed by atoms with E-state index in [0.717, 1.165) is 0 Å². The zero-order valence-corrected chi connectivity index (χ0v) is 8.96. The van der Waals surface area contributed by atoms with Crippen LogP contribution >= 0.6 is 15.9 Å². The highest BCUT2D eigenvalue weighted by atomic mass is 79.9. The van der Waals surface area contributed by atoms with E-state index in [2.05, 4.69) is 30.6 Å². The zero-order chi connectivity index (χ0) is 9.84. The normalized spacial score (nSPS) is 9.77. The maximum atomic E-state index is 11.2. The molecule has 0 aliphatic rings. The van der Waals surface area contributed by atoms with Crippen molar-refractivity contribution in [2.45, 2.75) is 12.3 Å². The van der Waals surface area contributed by atoms with Crippen molar-refractivity contribution in [3.63, 3.8) is 0 Å². The Morgan fingerprint density at radius 2 is 2.38 bits per heavy atom. The second-order valence-electron chi connectivity index (χ2n) is 2.43. The molecule has 1 aromatic heterocycles. The van der Waals surface area contributed by atoms with Gasteiger partial charge in [0.05, 0.1) is 18.5 Å². The summed E-state index contributed by atoms with van der Waals surface area (Å²) in [4.78, 5) is 19.3. The average molecular weight is 245 g/mol. The van der Waals surface area contributed by atoms with Gasteiger partial charge in [-0.05, 0) is 6.92 Å². The summed E-state index contributed by atoms with van der Waals surface area (Å²) < 4.78 is 4.57. The van der Waals surface area contributed by atoms with Crippen molar-refractivity contribution in [2.75, 3.05) is 7.11 Å². The molecule has 0 atom stereocenters. The minimum absolute atomic E-state index is 0.277. The largest absolute Gasteiger partial charge is 0.464 e. The molecule has 0 N–H and O–H groups in total. The van der Waals surface area contributed by atoms with Gasteiger partial charge in [-0.25, -0.2) is 9.78 Å². The van der Waals surface area contributed by atoms with Crippen LogP contribution in [0.2, 0.25) is 0 Å². The van der Waals surface area contributed by atoms with Crippen LogP contribution in [-0.2, 0) is 10.1 Å². The predicted molar refractivity (Wildman–Crippen MR) is 50.7 cm³/mol. The van der Waals surface area contributed by atoms with E-state index in [1.165, 1.54) is 7.11 Å². The second kappa shape index (κ2) is 4.32. The molecule has 0 amide bonds. The first-order valence-corrected chi connectivity index (χ1v) is 4.78. The number of hydrogen-bond acceptors (Lipinski definition) is 4. The Morgan fingerprint density at radius 3 is 2.92 bits per heavy atom. The molecule has 1 rings (SSSR count). The van der Waals surface area contributed by atoms with Gasteiger partial charge in [0.2, 0.25) is 0 Å². The fourth-order valence-electron chi connectivity index (χ4n) is 0.860. The van der Waals surface area contributed by atoms with Gasteiger partial charge in [-0.15, -0.1) is 0 Å². The number of methoxy groups -OCH3 is 1. The van der Waals surface area contributed by atoms with E-state index in [0.29, 0.717) is 16.7 Å². The smallest absolute Gasteiger partial charge is 0.358 e. The monoisotopic (exact) mass is 244 g/mol. The molecule has 1 heterocycles. The molecule has 0 aliphatic carbocycles. The summed E-state index contributed by atoms with van der Waals surface area (Å²) in [5.41, 5.74) is 1.57. The van der Waals surface area contributed by atoms with Gasteiger partial charge in [-0.2, -0.15) is 0 Å². The second-order valence-corrected chi connectivity index (χ2v) is 2.99. The van der Waals surface area contributed by atoms with E-state index < -0.39 is 5.97 Å². The summed E-state index contributed by atoms with van der Waals surface area (Å²) in [5, 5.41) is 0.491. The van der Waals surface area contributed by atoms with Crippen LogP contribution in [0.25, 0.3) is 0 Å². The standard InChI is InChI=1S/C8H9BrN2O2/c1-5-4-10-6(3-9)7(11-5)8(12)13-2/h4H,3H2,1-2H3. The summed E-state index contributed by atoms with van der Waals surface area (Å²) in [6, 6.07) is 0. The van der Waals surface area contributed by atoms with Gasteiger partial charge >= 0.3 is 5.97 Å². The lowest BCUT2D eigenvalue weighted by molar-refractivity contribution is 0.0592. The van der Waals surface area contributed by atoms with Crippen molar-refractivity contribution in [2.24, 2.45) is 0 Å². The third kappa shape index (κ3) is 2.24. The van der Waals surface area contributed by atoms with E-state index in [1.807, 2.05) is 0 Å². The number of esters is 1. The van der Waals surface area contributed by atoms with Crippen molar-refractivity contribution in [1.82, 2.24) is 9.97 Å². The predicted octanol–water partition coefficient (Wildman–Crippen LogP) is 1.47. The topological polar surface area (TPSA) is 52.1 Å². The van der Waals surface area contributed by atoms with Crippen LogP contribution in [0, 0.1) is 6.92 Å². The van der Waals surface area contributed by atoms with Crippen LogP contribution in [0.5, 0.6) is 0 Å². The summed E-state index contributed by atoms with van der Waals surface area (Å²) in [6.45, 7) is 1.78. The third-order valence-corrected chi connectivity index (χ3v) is 2.01.